The van der Waals surface area contributed by atoms with Crippen LogP contribution in [0.4, 0.5) is 0 Å². The first-order chi connectivity index (χ1) is 28.5. The third-order valence-corrected chi connectivity index (χ3v) is 10.6. The average molecular weight is 855 g/mol. The van der Waals surface area contributed by atoms with Crippen LogP contribution >= 0.6 is 0 Å². The van der Waals surface area contributed by atoms with E-state index in [4.69, 9.17) is 18.9 Å². The zero-order chi connectivity index (χ0) is 43.4. The highest BCUT2D eigenvalue weighted by molar-refractivity contribution is 7.85. The number of unbranched alkanes of at least 4 members (excludes halogenated alkanes) is 14. The SMILES string of the molecule is CC/C=C\C/C=C\C/C=C\C/C=C\CCCCCCCCCCC(=O)OC(COC(=O)CCCCCCC/C=C\CCC)COC1OC(CS(=O)(=O)O)C(O)C(O)C1O. The standard InChI is InChI=1S/C46H78O12S/c1-3-5-7-9-11-13-15-16-17-18-19-20-21-22-23-24-25-27-29-31-33-35-42(48)57-39(36-55-41(47)34-32-30-28-26-14-12-10-8-6-4-2)37-56-46-45(51)44(50)43(49)40(58-46)38-59(52,53)54/h5,7-8,10-11,13,16-17,19-20,39-40,43-46,49-51H,3-4,6,9,12,14-15,18,21-38H2,1-2H3,(H,52,53,54)/b7-5-,10-8-,13-11-,17-16-,20-19-. The highest BCUT2D eigenvalue weighted by Crippen LogP contribution is 2.24. The molecule has 1 heterocycles. The van der Waals surface area contributed by atoms with Crippen LogP contribution in [0.15, 0.2) is 60.8 Å². The second-order valence-corrected chi connectivity index (χ2v) is 16.8. The lowest BCUT2D eigenvalue weighted by Gasteiger charge is -2.40. The fourth-order valence-electron chi connectivity index (χ4n) is 6.37. The van der Waals surface area contributed by atoms with Crippen LogP contribution in [0, 0.1) is 0 Å². The molecule has 1 saturated heterocycles. The Morgan fingerprint density at radius 2 is 1.07 bits per heavy atom. The van der Waals surface area contributed by atoms with Crippen LogP contribution in [0.3, 0.4) is 0 Å². The van der Waals surface area contributed by atoms with Crippen molar-refractivity contribution in [3.8, 4) is 0 Å². The van der Waals surface area contributed by atoms with E-state index in [0.29, 0.717) is 12.8 Å². The number of rotatable bonds is 36. The topological polar surface area (TPSA) is 186 Å². The minimum absolute atomic E-state index is 0.150. The van der Waals surface area contributed by atoms with Crippen molar-refractivity contribution >= 4 is 22.1 Å². The highest BCUT2D eigenvalue weighted by Gasteiger charge is 2.46. The number of aliphatic hydroxyl groups excluding tert-OH is 3. The van der Waals surface area contributed by atoms with Crippen LogP contribution in [0.5, 0.6) is 0 Å². The van der Waals surface area contributed by atoms with E-state index in [1.165, 1.54) is 19.3 Å². The van der Waals surface area contributed by atoms with E-state index in [0.717, 1.165) is 103 Å². The number of hydrogen-bond donors (Lipinski definition) is 4. The lowest BCUT2D eigenvalue weighted by molar-refractivity contribution is -0.297. The van der Waals surface area contributed by atoms with Gasteiger partial charge in [0.05, 0.1) is 6.61 Å². The molecule has 1 aliphatic rings. The second-order valence-electron chi connectivity index (χ2n) is 15.3. The number of carbonyl (C=O) groups is 2. The fraction of sp³-hybridized carbons (Fsp3) is 0.739. The first kappa shape index (κ1) is 54.4. The maximum Gasteiger partial charge on any atom is 0.306 e. The van der Waals surface area contributed by atoms with E-state index in [9.17, 15) is 37.9 Å². The van der Waals surface area contributed by atoms with E-state index >= 15 is 0 Å². The molecule has 4 N–H and O–H groups in total. The van der Waals surface area contributed by atoms with Crippen molar-refractivity contribution < 1.29 is 56.8 Å². The number of aliphatic hydroxyl groups is 3. The second kappa shape index (κ2) is 36.0. The Hall–Kier alpha value is -2.65. The Morgan fingerprint density at radius 3 is 1.61 bits per heavy atom. The van der Waals surface area contributed by atoms with E-state index in [1.54, 1.807) is 0 Å². The molecule has 0 amide bonds. The van der Waals surface area contributed by atoms with Crippen molar-refractivity contribution in [1.29, 1.82) is 0 Å². The van der Waals surface area contributed by atoms with Crippen LogP contribution in [0.2, 0.25) is 0 Å². The molecule has 0 aromatic carbocycles. The molecule has 340 valence electrons. The number of esters is 2. The first-order valence-corrected chi connectivity index (χ1v) is 24.0. The summed E-state index contributed by atoms with van der Waals surface area (Å²) in [4.78, 5) is 25.3. The van der Waals surface area contributed by atoms with Crippen LogP contribution in [0.1, 0.15) is 162 Å². The third kappa shape index (κ3) is 30.9. The summed E-state index contributed by atoms with van der Waals surface area (Å²) in [5, 5.41) is 30.8. The summed E-state index contributed by atoms with van der Waals surface area (Å²) in [7, 11) is -4.60. The molecule has 59 heavy (non-hydrogen) atoms. The lowest BCUT2D eigenvalue weighted by Crippen LogP contribution is -2.60. The minimum Gasteiger partial charge on any atom is -0.462 e. The van der Waals surface area contributed by atoms with Gasteiger partial charge in [-0.15, -0.1) is 0 Å². The Kier molecular flexibility index (Phi) is 33.2. The molecule has 6 atom stereocenters. The highest BCUT2D eigenvalue weighted by atomic mass is 32.2. The molecule has 0 spiro atoms. The van der Waals surface area contributed by atoms with Gasteiger partial charge in [0.1, 0.15) is 36.8 Å². The third-order valence-electron chi connectivity index (χ3n) is 9.81. The summed E-state index contributed by atoms with van der Waals surface area (Å²) < 4.78 is 54.0. The molecule has 1 aliphatic heterocycles. The molecule has 0 radical (unpaired) electrons. The summed E-state index contributed by atoms with van der Waals surface area (Å²) in [5.74, 6) is -2.01. The zero-order valence-corrected chi connectivity index (χ0v) is 36.9. The Labute approximate surface area is 355 Å². The number of allylic oxidation sites excluding steroid dienone is 10. The lowest BCUT2D eigenvalue weighted by atomic mass is 10.00. The summed E-state index contributed by atoms with van der Waals surface area (Å²) in [5.41, 5.74) is 0. The van der Waals surface area contributed by atoms with E-state index < -0.39 is 71.2 Å². The van der Waals surface area contributed by atoms with Gasteiger partial charge in [-0.1, -0.05) is 139 Å². The van der Waals surface area contributed by atoms with E-state index in [1.807, 2.05) is 0 Å². The predicted molar refractivity (Wildman–Crippen MR) is 233 cm³/mol. The van der Waals surface area contributed by atoms with Gasteiger partial charge in [-0.3, -0.25) is 14.1 Å². The monoisotopic (exact) mass is 855 g/mol. The smallest absolute Gasteiger partial charge is 0.306 e. The molecule has 0 bridgehead atoms. The van der Waals surface area contributed by atoms with Crippen LogP contribution in [0.25, 0.3) is 0 Å². The van der Waals surface area contributed by atoms with Crippen molar-refractivity contribution in [2.45, 2.75) is 198 Å². The quantitative estimate of drug-likeness (QED) is 0.0203. The molecule has 0 aromatic heterocycles. The van der Waals surface area contributed by atoms with Gasteiger partial charge >= 0.3 is 11.9 Å². The zero-order valence-electron chi connectivity index (χ0n) is 36.1. The van der Waals surface area contributed by atoms with Gasteiger partial charge in [0.25, 0.3) is 10.1 Å². The molecule has 1 rings (SSSR count). The van der Waals surface area contributed by atoms with Gasteiger partial charge in [-0.25, -0.2) is 0 Å². The van der Waals surface area contributed by atoms with Gasteiger partial charge in [-0.05, 0) is 70.6 Å². The minimum atomic E-state index is -4.60. The maximum atomic E-state index is 12.8. The van der Waals surface area contributed by atoms with Crippen LogP contribution in [-0.4, -0.2) is 96.0 Å². The largest absolute Gasteiger partial charge is 0.462 e. The van der Waals surface area contributed by atoms with Crippen LogP contribution in [-0.2, 0) is 38.7 Å². The summed E-state index contributed by atoms with van der Waals surface area (Å²) in [6.07, 6.45) is 34.2. The number of hydrogen-bond acceptors (Lipinski definition) is 11. The van der Waals surface area contributed by atoms with Crippen molar-refractivity contribution in [3.05, 3.63) is 60.8 Å². The molecule has 0 aliphatic carbocycles. The predicted octanol–water partition coefficient (Wildman–Crippen LogP) is 8.95. The van der Waals surface area contributed by atoms with Gasteiger partial charge in [0.15, 0.2) is 12.4 Å². The molecule has 1 fully saturated rings. The maximum absolute atomic E-state index is 12.8. The van der Waals surface area contributed by atoms with Gasteiger partial charge in [0, 0.05) is 12.8 Å². The van der Waals surface area contributed by atoms with Gasteiger partial charge in [-0.2, -0.15) is 8.42 Å². The average Bonchev–Trinajstić information content (AvgIpc) is 3.20. The van der Waals surface area contributed by atoms with E-state index in [-0.39, 0.29) is 19.4 Å². The fourth-order valence-corrected chi connectivity index (χ4v) is 7.07. The Bertz CT molecular complexity index is 1320. The normalized spacial score (nSPS) is 20.8. The van der Waals surface area contributed by atoms with Gasteiger partial charge < -0.3 is 34.3 Å². The number of carbonyl (C=O) groups excluding carboxylic acids is 2. The molecule has 6 unspecified atom stereocenters. The summed E-state index contributed by atoms with van der Waals surface area (Å²) >= 11 is 0. The van der Waals surface area contributed by atoms with Crippen LogP contribution < -0.4 is 0 Å². The summed E-state index contributed by atoms with van der Waals surface area (Å²) in [6.45, 7) is 3.55. The van der Waals surface area contributed by atoms with Gasteiger partial charge in [0.2, 0.25) is 0 Å². The van der Waals surface area contributed by atoms with E-state index in [2.05, 4.69) is 74.6 Å². The molecular formula is C46H78O12S. The number of ether oxygens (including phenoxy) is 4. The molecule has 0 saturated carbocycles. The van der Waals surface area contributed by atoms with Crippen molar-refractivity contribution in [1.82, 2.24) is 0 Å². The Balaban J connectivity index is 2.42. The summed E-state index contributed by atoms with van der Waals surface area (Å²) in [6, 6.07) is 0. The van der Waals surface area contributed by atoms with Crippen molar-refractivity contribution in [3.63, 3.8) is 0 Å². The Morgan fingerprint density at radius 1 is 0.593 bits per heavy atom. The molecular weight excluding hydrogens is 777 g/mol. The first-order valence-electron chi connectivity index (χ1n) is 22.3. The molecule has 0 aromatic rings. The van der Waals surface area contributed by atoms with Crippen molar-refractivity contribution in [2.24, 2.45) is 0 Å². The molecule has 13 heteroatoms. The van der Waals surface area contributed by atoms with Crippen molar-refractivity contribution in [2.75, 3.05) is 19.0 Å². The molecule has 12 nitrogen and oxygen atoms in total.